The minimum atomic E-state index is 0.723. The van der Waals surface area contributed by atoms with Crippen LogP contribution in [0.2, 0.25) is 5.02 Å². The molecule has 0 atom stereocenters. The largest absolute Gasteiger partial charge is 0.378 e. The highest BCUT2D eigenvalue weighted by Crippen LogP contribution is 2.37. The van der Waals surface area contributed by atoms with Gasteiger partial charge in [-0.3, -0.25) is 4.98 Å². The van der Waals surface area contributed by atoms with E-state index >= 15 is 0 Å². The standard InChI is InChI=1S/C26H21ClN4O/c27-22-16-18(10-11-24(22)30-12-14-32-15-13-30)25-21-17-28-23-9-5-4-8-20(23)26(21)31(29-25)19-6-2-1-3-7-19/h1-11,16-17H,12-15H2. The van der Waals surface area contributed by atoms with Gasteiger partial charge in [-0.15, -0.1) is 0 Å². The summed E-state index contributed by atoms with van der Waals surface area (Å²) in [5, 5.41) is 7.85. The highest BCUT2D eigenvalue weighted by molar-refractivity contribution is 6.33. The van der Waals surface area contributed by atoms with E-state index in [9.17, 15) is 0 Å². The Bertz CT molecular complexity index is 1420. The van der Waals surface area contributed by atoms with Gasteiger partial charge >= 0.3 is 0 Å². The summed E-state index contributed by atoms with van der Waals surface area (Å²) in [5.74, 6) is 0. The number of ether oxygens (including phenoxy) is 1. The first-order valence-corrected chi connectivity index (χ1v) is 11.1. The van der Waals surface area contributed by atoms with E-state index in [1.165, 1.54) is 0 Å². The Labute approximate surface area is 190 Å². The zero-order chi connectivity index (χ0) is 21.5. The van der Waals surface area contributed by atoms with E-state index in [2.05, 4.69) is 35.2 Å². The number of halogens is 1. The number of aromatic nitrogens is 3. The van der Waals surface area contributed by atoms with Gasteiger partial charge in [0, 0.05) is 35.6 Å². The molecule has 0 N–H and O–H groups in total. The minimum Gasteiger partial charge on any atom is -0.378 e. The van der Waals surface area contributed by atoms with Crippen LogP contribution in [0.5, 0.6) is 0 Å². The Balaban J connectivity index is 1.56. The molecule has 1 fully saturated rings. The minimum absolute atomic E-state index is 0.723. The number of para-hydroxylation sites is 2. The van der Waals surface area contributed by atoms with E-state index in [1.807, 2.05) is 53.3 Å². The number of hydrogen-bond acceptors (Lipinski definition) is 4. The molecular weight excluding hydrogens is 420 g/mol. The van der Waals surface area contributed by atoms with E-state index in [0.29, 0.717) is 0 Å². The zero-order valence-electron chi connectivity index (χ0n) is 17.4. The van der Waals surface area contributed by atoms with Crippen LogP contribution >= 0.6 is 11.6 Å². The summed E-state index contributed by atoms with van der Waals surface area (Å²) in [6.07, 6.45) is 1.92. The molecule has 32 heavy (non-hydrogen) atoms. The second kappa shape index (κ2) is 7.93. The number of nitrogens with zero attached hydrogens (tertiary/aromatic N) is 4. The monoisotopic (exact) mass is 440 g/mol. The average Bonchev–Trinajstić information content (AvgIpc) is 3.25. The van der Waals surface area contributed by atoms with Crippen molar-refractivity contribution in [3.8, 4) is 16.9 Å². The fourth-order valence-electron chi connectivity index (χ4n) is 4.42. The molecule has 2 aromatic heterocycles. The molecule has 6 heteroatoms. The van der Waals surface area contributed by atoms with Crippen molar-refractivity contribution in [3.05, 3.63) is 84.0 Å². The lowest BCUT2D eigenvalue weighted by Crippen LogP contribution is -2.36. The first kappa shape index (κ1) is 19.3. The molecule has 0 spiro atoms. The number of anilines is 1. The van der Waals surface area contributed by atoms with Gasteiger partial charge in [-0.2, -0.15) is 5.10 Å². The molecule has 0 saturated carbocycles. The van der Waals surface area contributed by atoms with E-state index in [0.717, 1.165) is 75.8 Å². The van der Waals surface area contributed by atoms with E-state index in [1.54, 1.807) is 0 Å². The van der Waals surface area contributed by atoms with Crippen molar-refractivity contribution in [2.24, 2.45) is 0 Å². The summed E-state index contributed by atoms with van der Waals surface area (Å²) < 4.78 is 7.49. The molecule has 158 valence electrons. The van der Waals surface area contributed by atoms with E-state index in [4.69, 9.17) is 26.4 Å². The lowest BCUT2D eigenvalue weighted by Gasteiger charge is -2.29. The molecule has 6 rings (SSSR count). The summed E-state index contributed by atoms with van der Waals surface area (Å²) in [6, 6.07) is 24.6. The molecule has 5 nitrogen and oxygen atoms in total. The highest BCUT2D eigenvalue weighted by Gasteiger charge is 2.19. The van der Waals surface area contributed by atoms with Gasteiger partial charge in [0.1, 0.15) is 5.69 Å². The molecule has 0 aliphatic carbocycles. The Kier molecular flexibility index (Phi) is 4.78. The first-order valence-electron chi connectivity index (χ1n) is 10.7. The second-order valence-electron chi connectivity index (χ2n) is 7.90. The molecule has 3 heterocycles. The Morgan fingerprint density at radius 1 is 0.844 bits per heavy atom. The molecule has 1 saturated heterocycles. The smallest absolute Gasteiger partial charge is 0.102 e. The van der Waals surface area contributed by atoms with Crippen molar-refractivity contribution in [1.29, 1.82) is 0 Å². The predicted molar refractivity (Wildman–Crippen MR) is 130 cm³/mol. The lowest BCUT2D eigenvalue weighted by molar-refractivity contribution is 0.122. The first-order chi connectivity index (χ1) is 15.8. The van der Waals surface area contributed by atoms with Gasteiger partial charge < -0.3 is 9.64 Å². The van der Waals surface area contributed by atoms with Crippen molar-refractivity contribution in [3.63, 3.8) is 0 Å². The number of rotatable bonds is 3. The van der Waals surface area contributed by atoms with Crippen molar-refractivity contribution in [2.45, 2.75) is 0 Å². The van der Waals surface area contributed by atoms with Crippen molar-refractivity contribution < 1.29 is 4.74 Å². The molecule has 0 amide bonds. The fraction of sp³-hybridized carbons (Fsp3) is 0.154. The van der Waals surface area contributed by atoms with Crippen LogP contribution in [0.4, 0.5) is 5.69 Å². The van der Waals surface area contributed by atoms with Gasteiger partial charge in [-0.25, -0.2) is 4.68 Å². The number of benzene rings is 3. The normalized spacial score (nSPS) is 14.3. The number of pyridine rings is 1. The molecule has 1 aliphatic heterocycles. The average molecular weight is 441 g/mol. The number of hydrogen-bond donors (Lipinski definition) is 0. The van der Waals surface area contributed by atoms with Crippen LogP contribution in [-0.4, -0.2) is 41.1 Å². The van der Waals surface area contributed by atoms with Gasteiger partial charge in [0.05, 0.1) is 40.6 Å². The molecule has 3 aromatic carbocycles. The Morgan fingerprint density at radius 2 is 1.62 bits per heavy atom. The van der Waals surface area contributed by atoms with E-state index in [-0.39, 0.29) is 0 Å². The van der Waals surface area contributed by atoms with Crippen LogP contribution < -0.4 is 4.90 Å². The lowest BCUT2D eigenvalue weighted by atomic mass is 10.1. The van der Waals surface area contributed by atoms with Gasteiger partial charge in [0.25, 0.3) is 0 Å². The fourth-order valence-corrected chi connectivity index (χ4v) is 4.72. The third kappa shape index (κ3) is 3.22. The van der Waals surface area contributed by atoms with Crippen LogP contribution in [0.3, 0.4) is 0 Å². The zero-order valence-corrected chi connectivity index (χ0v) is 18.2. The molecular formula is C26H21ClN4O. The van der Waals surface area contributed by atoms with Gasteiger partial charge in [-0.1, -0.05) is 54.1 Å². The second-order valence-corrected chi connectivity index (χ2v) is 8.31. The van der Waals surface area contributed by atoms with Crippen LogP contribution in [0.1, 0.15) is 0 Å². The summed E-state index contributed by atoms with van der Waals surface area (Å²) >= 11 is 6.75. The molecule has 0 unspecified atom stereocenters. The molecule has 0 radical (unpaired) electrons. The highest BCUT2D eigenvalue weighted by atomic mass is 35.5. The van der Waals surface area contributed by atoms with Crippen LogP contribution in [0.15, 0.2) is 79.0 Å². The Hall–Kier alpha value is -3.41. The summed E-state index contributed by atoms with van der Waals surface area (Å²) in [4.78, 5) is 6.98. The number of fused-ring (bicyclic) bond motifs is 3. The SMILES string of the molecule is Clc1cc(-c2nn(-c3ccccc3)c3c2cnc2ccccc23)ccc1N1CCOCC1. The van der Waals surface area contributed by atoms with Gasteiger partial charge in [0.15, 0.2) is 0 Å². The predicted octanol–water partition coefficient (Wildman–Crippen LogP) is 5.73. The third-order valence-electron chi connectivity index (χ3n) is 5.99. The van der Waals surface area contributed by atoms with Crippen molar-refractivity contribution in [2.75, 3.05) is 31.2 Å². The Morgan fingerprint density at radius 3 is 2.44 bits per heavy atom. The molecule has 1 aliphatic rings. The van der Waals surface area contributed by atoms with Gasteiger partial charge in [-0.05, 0) is 30.3 Å². The molecule has 0 bridgehead atoms. The summed E-state index contributed by atoms with van der Waals surface area (Å²) in [6.45, 7) is 3.15. The van der Waals surface area contributed by atoms with Crippen LogP contribution in [0, 0.1) is 0 Å². The molecule has 5 aromatic rings. The van der Waals surface area contributed by atoms with Crippen LogP contribution in [0.25, 0.3) is 38.8 Å². The number of morpholine rings is 1. The third-order valence-corrected chi connectivity index (χ3v) is 6.29. The van der Waals surface area contributed by atoms with Gasteiger partial charge in [0.2, 0.25) is 0 Å². The topological polar surface area (TPSA) is 43.2 Å². The van der Waals surface area contributed by atoms with Crippen molar-refractivity contribution in [1.82, 2.24) is 14.8 Å². The quantitative estimate of drug-likeness (QED) is 0.359. The van der Waals surface area contributed by atoms with Crippen LogP contribution in [-0.2, 0) is 4.74 Å². The summed E-state index contributed by atoms with van der Waals surface area (Å²) in [7, 11) is 0. The maximum atomic E-state index is 6.75. The van der Waals surface area contributed by atoms with E-state index < -0.39 is 0 Å². The summed E-state index contributed by atoms with van der Waals surface area (Å²) in [5.41, 5.74) is 5.89. The van der Waals surface area contributed by atoms with Crippen molar-refractivity contribution >= 4 is 39.1 Å². The maximum Gasteiger partial charge on any atom is 0.102 e. The maximum absolute atomic E-state index is 6.75.